The maximum absolute atomic E-state index is 14.2. The highest BCUT2D eigenvalue weighted by atomic mass is 127. The molecule has 0 bridgehead atoms. The van der Waals surface area contributed by atoms with E-state index in [0.29, 0.717) is 37.5 Å². The number of thiophene rings is 1. The van der Waals surface area contributed by atoms with E-state index in [-0.39, 0.29) is 24.6 Å². The molecule has 2 aromatic carbocycles. The van der Waals surface area contributed by atoms with Gasteiger partial charge in [0, 0.05) is 19.6 Å². The molecule has 0 amide bonds. The van der Waals surface area contributed by atoms with Crippen molar-refractivity contribution < 1.29 is 18.7 Å². The Hall–Kier alpha value is -2.36. The van der Waals surface area contributed by atoms with Gasteiger partial charge in [-0.3, -0.25) is 9.36 Å². The molecule has 1 aliphatic rings. The molecular formula is C28H21FI2N2O4S2. The Labute approximate surface area is 258 Å². The molecule has 4 aromatic rings. The lowest BCUT2D eigenvalue weighted by molar-refractivity contribution is -0.139. The zero-order chi connectivity index (χ0) is 27.7. The highest BCUT2D eigenvalue weighted by molar-refractivity contribution is 14.1. The third-order valence-corrected chi connectivity index (χ3v) is 9.32. The van der Waals surface area contributed by atoms with Crippen LogP contribution in [0.4, 0.5) is 4.39 Å². The summed E-state index contributed by atoms with van der Waals surface area (Å²) >= 11 is 7.12. The van der Waals surface area contributed by atoms with Gasteiger partial charge in [-0.2, -0.15) is 0 Å². The molecule has 1 atom stereocenters. The fourth-order valence-electron chi connectivity index (χ4n) is 4.25. The molecule has 0 saturated carbocycles. The van der Waals surface area contributed by atoms with Crippen molar-refractivity contribution in [1.82, 2.24) is 4.57 Å². The van der Waals surface area contributed by atoms with Crippen molar-refractivity contribution in [3.05, 3.63) is 114 Å². The zero-order valence-corrected chi connectivity index (χ0v) is 26.7. The van der Waals surface area contributed by atoms with E-state index in [0.717, 1.165) is 12.0 Å². The van der Waals surface area contributed by atoms with Crippen LogP contribution in [0.1, 0.15) is 35.9 Å². The third kappa shape index (κ3) is 5.77. The largest absolute Gasteiger partial charge is 0.487 e. The van der Waals surface area contributed by atoms with Crippen LogP contribution in [0.15, 0.2) is 75.0 Å². The summed E-state index contributed by atoms with van der Waals surface area (Å²) in [5.74, 6) is -0.264. The van der Waals surface area contributed by atoms with Crippen molar-refractivity contribution in [3.63, 3.8) is 0 Å². The SMILES string of the molecule is CCOC(=O)C1=C(C)N=c2s/c(=C\c3cc(I)cc(I)c3OCc3ccccc3F)c(=O)n2[C@H]1c1cccs1. The number of hydrogen-bond acceptors (Lipinski definition) is 7. The number of thiazole rings is 1. The molecule has 6 nitrogen and oxygen atoms in total. The number of fused-ring (bicyclic) bond motifs is 1. The molecule has 39 heavy (non-hydrogen) atoms. The van der Waals surface area contributed by atoms with Gasteiger partial charge in [0.2, 0.25) is 0 Å². The lowest BCUT2D eigenvalue weighted by Gasteiger charge is -2.23. The minimum atomic E-state index is -0.629. The first-order valence-electron chi connectivity index (χ1n) is 11.9. The Balaban J connectivity index is 1.63. The van der Waals surface area contributed by atoms with E-state index in [1.165, 1.54) is 28.7 Å². The van der Waals surface area contributed by atoms with E-state index in [2.05, 4.69) is 50.2 Å². The van der Waals surface area contributed by atoms with Crippen molar-refractivity contribution in [2.75, 3.05) is 6.61 Å². The summed E-state index contributed by atoms with van der Waals surface area (Å²) in [6, 6.07) is 13.5. The van der Waals surface area contributed by atoms with Gasteiger partial charge in [0.25, 0.3) is 5.56 Å². The Morgan fingerprint density at radius 2 is 2.00 bits per heavy atom. The van der Waals surface area contributed by atoms with Crippen molar-refractivity contribution in [2.24, 2.45) is 4.99 Å². The second kappa shape index (κ2) is 12.0. The Morgan fingerprint density at radius 3 is 2.72 bits per heavy atom. The van der Waals surface area contributed by atoms with E-state index in [1.54, 1.807) is 42.7 Å². The highest BCUT2D eigenvalue weighted by Crippen LogP contribution is 2.33. The van der Waals surface area contributed by atoms with Gasteiger partial charge in [-0.05, 0) is 94.8 Å². The van der Waals surface area contributed by atoms with E-state index < -0.39 is 12.0 Å². The summed E-state index contributed by atoms with van der Waals surface area (Å²) in [6.07, 6.45) is 1.78. The molecule has 1 aliphatic heterocycles. The number of carbonyl (C=O) groups is 1. The van der Waals surface area contributed by atoms with E-state index in [4.69, 9.17) is 9.47 Å². The van der Waals surface area contributed by atoms with Gasteiger partial charge in [-0.15, -0.1) is 11.3 Å². The molecule has 0 aliphatic carbocycles. The van der Waals surface area contributed by atoms with Crippen LogP contribution in [-0.2, 0) is 16.1 Å². The first kappa shape index (κ1) is 28.2. The van der Waals surface area contributed by atoms with Crippen molar-refractivity contribution in [1.29, 1.82) is 0 Å². The number of hydrogen-bond donors (Lipinski definition) is 0. The maximum atomic E-state index is 14.2. The standard InChI is InChI=1S/C28H21FI2N2O4S2/c1-3-36-27(35)23-15(2)32-28-33(24(23)21-9-6-10-38-21)26(34)22(39-28)12-17-11-18(30)13-20(31)25(17)37-14-16-7-4-5-8-19(16)29/h4-13,24H,3,14H2,1-2H3/b22-12-/t24-/m0/s1. The number of halogens is 3. The van der Waals surface area contributed by atoms with Gasteiger partial charge >= 0.3 is 5.97 Å². The Kier molecular flexibility index (Phi) is 8.69. The average Bonchev–Trinajstić information content (AvgIpc) is 3.52. The second-order valence-corrected chi connectivity index (χ2v) is 12.9. The van der Waals surface area contributed by atoms with Crippen LogP contribution < -0.4 is 19.6 Å². The summed E-state index contributed by atoms with van der Waals surface area (Å²) in [5, 5.41) is 1.91. The van der Waals surface area contributed by atoms with Gasteiger partial charge in [0.05, 0.1) is 26.0 Å². The first-order valence-corrected chi connectivity index (χ1v) is 15.7. The smallest absolute Gasteiger partial charge is 0.338 e. The molecule has 0 radical (unpaired) electrons. The molecule has 11 heteroatoms. The predicted molar refractivity (Wildman–Crippen MR) is 167 cm³/mol. The van der Waals surface area contributed by atoms with E-state index >= 15 is 0 Å². The molecule has 0 fully saturated rings. The van der Waals surface area contributed by atoms with Gasteiger partial charge < -0.3 is 9.47 Å². The molecule has 2 aromatic heterocycles. The summed E-state index contributed by atoms with van der Waals surface area (Å²) in [4.78, 5) is 32.8. The lowest BCUT2D eigenvalue weighted by Crippen LogP contribution is -2.39. The number of nitrogens with zero attached hydrogens (tertiary/aromatic N) is 2. The summed E-state index contributed by atoms with van der Waals surface area (Å²) in [7, 11) is 0. The minimum absolute atomic E-state index is 0.0475. The third-order valence-electron chi connectivity index (χ3n) is 5.98. The van der Waals surface area contributed by atoms with Crippen molar-refractivity contribution >= 4 is 79.9 Å². The van der Waals surface area contributed by atoms with Crippen LogP contribution in [0, 0.1) is 13.0 Å². The van der Waals surface area contributed by atoms with Gasteiger partial charge in [-0.1, -0.05) is 35.6 Å². The van der Waals surface area contributed by atoms with Crippen LogP contribution in [-0.4, -0.2) is 17.1 Å². The summed E-state index contributed by atoms with van der Waals surface area (Å²) in [5.41, 5.74) is 1.76. The number of aromatic nitrogens is 1. The van der Waals surface area contributed by atoms with Gasteiger partial charge in [-0.25, -0.2) is 14.2 Å². The van der Waals surface area contributed by atoms with Gasteiger partial charge in [0.1, 0.15) is 24.2 Å². The molecule has 3 heterocycles. The zero-order valence-electron chi connectivity index (χ0n) is 20.7. The quantitative estimate of drug-likeness (QED) is 0.176. The van der Waals surface area contributed by atoms with Crippen molar-refractivity contribution in [3.8, 4) is 5.75 Å². The van der Waals surface area contributed by atoms with Gasteiger partial charge in [0.15, 0.2) is 4.80 Å². The van der Waals surface area contributed by atoms with Crippen LogP contribution in [0.2, 0.25) is 0 Å². The van der Waals surface area contributed by atoms with Crippen LogP contribution in [0.3, 0.4) is 0 Å². The minimum Gasteiger partial charge on any atom is -0.487 e. The van der Waals surface area contributed by atoms with Crippen molar-refractivity contribution in [2.45, 2.75) is 26.5 Å². The van der Waals surface area contributed by atoms with E-state index in [1.807, 2.05) is 29.6 Å². The number of allylic oxidation sites excluding steroid dienone is 1. The second-order valence-electron chi connectivity index (χ2n) is 8.50. The summed E-state index contributed by atoms with van der Waals surface area (Å²) in [6.45, 7) is 3.78. The number of benzene rings is 2. The Bertz CT molecular complexity index is 1780. The fourth-order valence-corrected chi connectivity index (χ4v) is 8.16. The number of carbonyl (C=O) groups excluding carboxylic acids is 1. The van der Waals surface area contributed by atoms with Crippen LogP contribution in [0.5, 0.6) is 5.75 Å². The lowest BCUT2D eigenvalue weighted by atomic mass is 10.0. The van der Waals surface area contributed by atoms with Crippen LogP contribution >= 0.6 is 67.9 Å². The molecule has 0 N–H and O–H groups in total. The molecule has 0 saturated heterocycles. The first-order chi connectivity index (χ1) is 18.8. The Morgan fingerprint density at radius 1 is 1.21 bits per heavy atom. The fraction of sp³-hybridized carbons (Fsp3) is 0.179. The predicted octanol–water partition coefficient (Wildman–Crippen LogP) is 5.79. The molecule has 5 rings (SSSR count). The number of ether oxygens (including phenoxy) is 2. The highest BCUT2D eigenvalue weighted by Gasteiger charge is 2.34. The molecule has 200 valence electrons. The normalized spacial score (nSPS) is 15.2. The monoisotopic (exact) mass is 786 g/mol. The maximum Gasteiger partial charge on any atom is 0.338 e. The topological polar surface area (TPSA) is 69.9 Å². The molecule has 0 unspecified atom stereocenters. The summed E-state index contributed by atoms with van der Waals surface area (Å²) < 4.78 is 29.5. The number of esters is 1. The van der Waals surface area contributed by atoms with Crippen LogP contribution in [0.25, 0.3) is 6.08 Å². The molecule has 0 spiro atoms. The molecular weight excluding hydrogens is 765 g/mol. The van der Waals surface area contributed by atoms with E-state index in [9.17, 15) is 14.0 Å². The number of rotatable bonds is 7. The average molecular weight is 786 g/mol.